The van der Waals surface area contributed by atoms with Gasteiger partial charge in [0.25, 0.3) is 11.8 Å². The minimum atomic E-state index is -0.258. The van der Waals surface area contributed by atoms with Crippen LogP contribution in [-0.2, 0) is 9.59 Å². The van der Waals surface area contributed by atoms with Gasteiger partial charge in [-0.2, -0.15) is 0 Å². The van der Waals surface area contributed by atoms with Gasteiger partial charge in [-0.25, -0.2) is 0 Å². The van der Waals surface area contributed by atoms with E-state index >= 15 is 0 Å². The second kappa shape index (κ2) is 7.63. The quantitative estimate of drug-likeness (QED) is 0.765. The third kappa shape index (κ3) is 3.86. The fourth-order valence-electron chi connectivity index (χ4n) is 3.58. The number of carbonyl (C=O) groups excluding carboxylic acids is 2. The van der Waals surface area contributed by atoms with E-state index in [1.807, 2.05) is 71.9 Å². The zero-order chi connectivity index (χ0) is 20.6. The number of rotatable bonds is 5. The van der Waals surface area contributed by atoms with Gasteiger partial charge in [-0.05, 0) is 73.6 Å². The molecule has 0 fully saturated rings. The third-order valence-electron chi connectivity index (χ3n) is 5.00. The van der Waals surface area contributed by atoms with Crippen molar-refractivity contribution in [2.45, 2.75) is 41.5 Å². The highest BCUT2D eigenvalue weighted by molar-refractivity contribution is 6.36. The summed E-state index contributed by atoms with van der Waals surface area (Å²) >= 11 is 0. The number of hydrogen-bond donors (Lipinski definition) is 1. The molecule has 2 aromatic carbocycles. The monoisotopic (exact) mass is 376 g/mol. The van der Waals surface area contributed by atoms with Crippen molar-refractivity contribution in [2.75, 3.05) is 11.9 Å². The lowest BCUT2D eigenvalue weighted by Gasteiger charge is -2.17. The molecule has 0 bridgehead atoms. The van der Waals surface area contributed by atoms with Gasteiger partial charge in [-0.1, -0.05) is 38.1 Å². The average molecular weight is 377 g/mol. The molecule has 0 aliphatic carbocycles. The number of nitrogens with one attached hydrogen (secondary N) is 1. The Kier molecular flexibility index (Phi) is 5.41. The second-order valence-electron chi connectivity index (χ2n) is 8.17. The molecule has 1 aliphatic rings. The van der Waals surface area contributed by atoms with Crippen molar-refractivity contribution >= 4 is 23.1 Å². The molecular weight excluding hydrogens is 348 g/mol. The molecule has 28 heavy (non-hydrogen) atoms. The number of nitrogens with zero attached hydrogens (tertiary/aromatic N) is 1. The van der Waals surface area contributed by atoms with Gasteiger partial charge in [0.2, 0.25) is 0 Å². The highest BCUT2D eigenvalue weighted by Gasteiger charge is 2.39. The van der Waals surface area contributed by atoms with E-state index in [4.69, 9.17) is 0 Å². The molecular formula is C24H28N2O2. The van der Waals surface area contributed by atoms with Crippen molar-refractivity contribution in [2.24, 2.45) is 5.92 Å². The molecule has 1 heterocycles. The number of imide groups is 1. The van der Waals surface area contributed by atoms with E-state index in [1.54, 1.807) is 0 Å². The standard InChI is InChI=1S/C24H28N2O2/c1-14(2)13-26-23(27)21(19-8-7-17(5)18(6)12-19)22(24(26)28)25-20-10-15(3)9-16(4)11-20/h7-12,14,25H,13H2,1-6H3. The molecule has 4 nitrogen and oxygen atoms in total. The summed E-state index contributed by atoms with van der Waals surface area (Å²) in [7, 11) is 0. The first kappa shape index (κ1) is 19.9. The fourth-order valence-corrected chi connectivity index (χ4v) is 3.58. The molecule has 0 spiro atoms. The van der Waals surface area contributed by atoms with Gasteiger partial charge in [0.15, 0.2) is 0 Å². The van der Waals surface area contributed by atoms with Crippen molar-refractivity contribution < 1.29 is 9.59 Å². The molecule has 2 amide bonds. The largest absolute Gasteiger partial charge is 0.350 e. The van der Waals surface area contributed by atoms with Gasteiger partial charge < -0.3 is 5.32 Å². The van der Waals surface area contributed by atoms with Gasteiger partial charge in [-0.3, -0.25) is 14.5 Å². The Morgan fingerprint density at radius 1 is 0.857 bits per heavy atom. The molecule has 0 radical (unpaired) electrons. The lowest BCUT2D eigenvalue weighted by Crippen LogP contribution is -2.35. The van der Waals surface area contributed by atoms with E-state index in [0.717, 1.165) is 33.5 Å². The third-order valence-corrected chi connectivity index (χ3v) is 5.00. The second-order valence-corrected chi connectivity index (χ2v) is 8.17. The Hall–Kier alpha value is -2.88. The molecule has 1 N–H and O–H groups in total. The van der Waals surface area contributed by atoms with Crippen molar-refractivity contribution in [3.63, 3.8) is 0 Å². The van der Waals surface area contributed by atoms with E-state index in [2.05, 4.69) is 11.4 Å². The maximum absolute atomic E-state index is 13.2. The molecule has 3 rings (SSSR count). The molecule has 4 heteroatoms. The van der Waals surface area contributed by atoms with Crippen LogP contribution in [-0.4, -0.2) is 23.3 Å². The molecule has 0 aromatic heterocycles. The highest BCUT2D eigenvalue weighted by Crippen LogP contribution is 2.32. The van der Waals surface area contributed by atoms with Crippen LogP contribution in [0.2, 0.25) is 0 Å². The van der Waals surface area contributed by atoms with E-state index < -0.39 is 0 Å². The summed E-state index contributed by atoms with van der Waals surface area (Å²) < 4.78 is 0. The Bertz CT molecular complexity index is 966. The van der Waals surface area contributed by atoms with Gasteiger partial charge >= 0.3 is 0 Å². The SMILES string of the molecule is Cc1cc(C)cc(NC2=C(c3ccc(C)c(C)c3)C(=O)N(CC(C)C)C2=O)c1. The summed E-state index contributed by atoms with van der Waals surface area (Å²) in [5.41, 5.74) is 6.87. The van der Waals surface area contributed by atoms with Gasteiger partial charge in [-0.15, -0.1) is 0 Å². The summed E-state index contributed by atoms with van der Waals surface area (Å²) in [5, 5.41) is 3.26. The maximum atomic E-state index is 13.2. The van der Waals surface area contributed by atoms with E-state index in [1.165, 1.54) is 4.90 Å². The summed E-state index contributed by atoms with van der Waals surface area (Å²) in [6, 6.07) is 12.0. The number of hydrogen-bond acceptors (Lipinski definition) is 3. The molecule has 0 saturated heterocycles. The minimum absolute atomic E-state index is 0.203. The van der Waals surface area contributed by atoms with Gasteiger partial charge in [0.05, 0.1) is 5.57 Å². The van der Waals surface area contributed by atoms with E-state index in [-0.39, 0.29) is 17.7 Å². The van der Waals surface area contributed by atoms with Crippen LogP contribution >= 0.6 is 0 Å². The van der Waals surface area contributed by atoms with Crippen LogP contribution in [0.4, 0.5) is 5.69 Å². The first-order chi connectivity index (χ1) is 13.2. The van der Waals surface area contributed by atoms with E-state index in [0.29, 0.717) is 17.8 Å². The topological polar surface area (TPSA) is 49.4 Å². The van der Waals surface area contributed by atoms with Crippen LogP contribution in [0, 0.1) is 33.6 Å². The highest BCUT2D eigenvalue weighted by atomic mass is 16.2. The Balaban J connectivity index is 2.11. The van der Waals surface area contributed by atoms with Crippen molar-refractivity contribution in [3.8, 4) is 0 Å². The molecule has 1 aliphatic heterocycles. The number of anilines is 1. The molecule has 0 atom stereocenters. The molecule has 2 aromatic rings. The molecule has 0 unspecified atom stereocenters. The van der Waals surface area contributed by atoms with Crippen LogP contribution in [0.25, 0.3) is 5.57 Å². The Morgan fingerprint density at radius 3 is 2.07 bits per heavy atom. The summed E-state index contributed by atoms with van der Waals surface area (Å²) in [4.78, 5) is 27.7. The first-order valence-electron chi connectivity index (χ1n) is 9.70. The normalized spacial score (nSPS) is 14.5. The summed E-state index contributed by atoms with van der Waals surface area (Å²) in [6.45, 7) is 12.5. The summed E-state index contributed by atoms with van der Waals surface area (Å²) in [5.74, 6) is -0.283. The zero-order valence-corrected chi connectivity index (χ0v) is 17.5. The van der Waals surface area contributed by atoms with Crippen LogP contribution in [0.5, 0.6) is 0 Å². The minimum Gasteiger partial charge on any atom is -0.350 e. The molecule has 146 valence electrons. The predicted molar refractivity (Wildman–Crippen MR) is 114 cm³/mol. The lowest BCUT2D eigenvalue weighted by atomic mass is 9.99. The predicted octanol–water partition coefficient (Wildman–Crippen LogP) is 4.77. The van der Waals surface area contributed by atoms with Crippen LogP contribution in [0.3, 0.4) is 0 Å². The maximum Gasteiger partial charge on any atom is 0.278 e. The summed E-state index contributed by atoms with van der Waals surface area (Å²) in [6.07, 6.45) is 0. The van der Waals surface area contributed by atoms with Gasteiger partial charge in [0, 0.05) is 12.2 Å². The number of carbonyl (C=O) groups is 2. The Labute approximate surface area is 167 Å². The number of amides is 2. The number of benzene rings is 2. The van der Waals surface area contributed by atoms with Gasteiger partial charge in [0.1, 0.15) is 5.70 Å². The van der Waals surface area contributed by atoms with Crippen LogP contribution in [0.1, 0.15) is 41.7 Å². The van der Waals surface area contributed by atoms with Crippen molar-refractivity contribution in [3.05, 3.63) is 69.9 Å². The molecule has 0 saturated carbocycles. The van der Waals surface area contributed by atoms with Crippen molar-refractivity contribution in [1.82, 2.24) is 4.90 Å². The lowest BCUT2D eigenvalue weighted by molar-refractivity contribution is -0.137. The smallest absolute Gasteiger partial charge is 0.278 e. The van der Waals surface area contributed by atoms with Crippen LogP contribution < -0.4 is 5.32 Å². The Morgan fingerprint density at radius 2 is 1.50 bits per heavy atom. The van der Waals surface area contributed by atoms with E-state index in [9.17, 15) is 9.59 Å². The average Bonchev–Trinajstić information content (AvgIpc) is 2.81. The zero-order valence-electron chi connectivity index (χ0n) is 17.5. The number of aryl methyl sites for hydroxylation is 4. The van der Waals surface area contributed by atoms with Crippen LogP contribution in [0.15, 0.2) is 42.1 Å². The first-order valence-corrected chi connectivity index (χ1v) is 9.70. The van der Waals surface area contributed by atoms with Crippen molar-refractivity contribution in [1.29, 1.82) is 0 Å². The fraction of sp³-hybridized carbons (Fsp3) is 0.333.